The van der Waals surface area contributed by atoms with E-state index in [4.69, 9.17) is 0 Å². The Balaban J connectivity index is 1.95. The van der Waals surface area contributed by atoms with Gasteiger partial charge >= 0.3 is 5.97 Å². The standard InChI is InChI=1S/C26H25NO2/c1-2-3-4-5-9-14-23-18-19-24(17-16-21-11-7-6-8-12-21)27(23)25-15-10-13-22(20-25)26(28)29/h2-15,18-20H,16-17H2,1H3,(H,28,29)/b3-2-,5-4-,14-9+. The van der Waals surface area contributed by atoms with Crippen LogP contribution in [0.2, 0.25) is 0 Å². The van der Waals surface area contributed by atoms with E-state index in [9.17, 15) is 9.90 Å². The summed E-state index contributed by atoms with van der Waals surface area (Å²) in [5, 5.41) is 9.38. The highest BCUT2D eigenvalue weighted by Gasteiger charge is 2.11. The van der Waals surface area contributed by atoms with Gasteiger partial charge < -0.3 is 9.67 Å². The number of aryl methyl sites for hydroxylation is 2. The molecule has 0 atom stereocenters. The monoisotopic (exact) mass is 383 g/mol. The number of rotatable bonds is 8. The Morgan fingerprint density at radius 2 is 1.69 bits per heavy atom. The predicted molar refractivity (Wildman–Crippen MR) is 120 cm³/mol. The van der Waals surface area contributed by atoms with Crippen molar-refractivity contribution in [2.75, 3.05) is 0 Å². The molecule has 1 heterocycles. The molecule has 3 aromatic rings. The Kier molecular flexibility index (Phi) is 7.01. The maximum Gasteiger partial charge on any atom is 0.335 e. The molecule has 0 saturated carbocycles. The third-order valence-electron chi connectivity index (χ3n) is 4.65. The summed E-state index contributed by atoms with van der Waals surface area (Å²) < 4.78 is 2.13. The van der Waals surface area contributed by atoms with Gasteiger partial charge in [-0.2, -0.15) is 0 Å². The number of hydrogen-bond donors (Lipinski definition) is 1. The van der Waals surface area contributed by atoms with Crippen LogP contribution in [-0.2, 0) is 12.8 Å². The molecule has 3 rings (SSSR count). The summed E-state index contributed by atoms with van der Waals surface area (Å²) in [4.78, 5) is 11.4. The van der Waals surface area contributed by atoms with Gasteiger partial charge in [-0.1, -0.05) is 66.8 Å². The average Bonchev–Trinajstić information content (AvgIpc) is 3.15. The van der Waals surface area contributed by atoms with Gasteiger partial charge in [0.1, 0.15) is 0 Å². The molecule has 0 bridgehead atoms. The van der Waals surface area contributed by atoms with Gasteiger partial charge in [0.15, 0.2) is 0 Å². The Morgan fingerprint density at radius 1 is 0.897 bits per heavy atom. The lowest BCUT2D eigenvalue weighted by Gasteiger charge is -2.13. The molecule has 0 radical (unpaired) electrons. The van der Waals surface area contributed by atoms with Crippen LogP contribution in [0.3, 0.4) is 0 Å². The Bertz CT molecular complexity index is 1040. The Labute approximate surface area is 172 Å². The highest BCUT2D eigenvalue weighted by molar-refractivity contribution is 5.88. The van der Waals surface area contributed by atoms with E-state index in [2.05, 4.69) is 41.0 Å². The van der Waals surface area contributed by atoms with E-state index in [-0.39, 0.29) is 5.56 Å². The van der Waals surface area contributed by atoms with Crippen molar-refractivity contribution in [3.63, 3.8) is 0 Å². The molecule has 1 aromatic heterocycles. The van der Waals surface area contributed by atoms with Crippen LogP contribution in [0.4, 0.5) is 0 Å². The molecule has 0 saturated heterocycles. The maximum atomic E-state index is 11.4. The molecule has 1 N–H and O–H groups in total. The van der Waals surface area contributed by atoms with Gasteiger partial charge in [-0.05, 0) is 61.7 Å². The molecular formula is C26H25NO2. The van der Waals surface area contributed by atoms with Gasteiger partial charge in [0.05, 0.1) is 5.56 Å². The quantitative estimate of drug-likeness (QED) is 0.477. The highest BCUT2D eigenvalue weighted by Crippen LogP contribution is 2.21. The number of allylic oxidation sites excluding steroid dienone is 5. The zero-order chi connectivity index (χ0) is 20.5. The molecule has 0 spiro atoms. The van der Waals surface area contributed by atoms with Crippen LogP contribution in [0.25, 0.3) is 11.8 Å². The van der Waals surface area contributed by atoms with Gasteiger partial charge in [0, 0.05) is 17.1 Å². The first kappa shape index (κ1) is 20.2. The van der Waals surface area contributed by atoms with Crippen LogP contribution in [0.15, 0.2) is 97.1 Å². The molecule has 3 heteroatoms. The average molecular weight is 383 g/mol. The number of carbonyl (C=O) groups is 1. The van der Waals surface area contributed by atoms with Crippen molar-refractivity contribution in [2.24, 2.45) is 0 Å². The fraction of sp³-hybridized carbons (Fsp3) is 0.115. The number of aromatic carboxylic acids is 1. The minimum Gasteiger partial charge on any atom is -0.478 e. The van der Waals surface area contributed by atoms with Crippen LogP contribution in [0.1, 0.15) is 34.2 Å². The molecule has 3 nitrogen and oxygen atoms in total. The zero-order valence-corrected chi connectivity index (χ0v) is 16.5. The van der Waals surface area contributed by atoms with E-state index in [0.717, 1.165) is 29.9 Å². The lowest BCUT2D eigenvalue weighted by Crippen LogP contribution is -2.05. The van der Waals surface area contributed by atoms with Crippen LogP contribution in [0.5, 0.6) is 0 Å². The summed E-state index contributed by atoms with van der Waals surface area (Å²) in [6, 6.07) is 21.7. The summed E-state index contributed by atoms with van der Waals surface area (Å²) in [6.45, 7) is 1.98. The number of carboxylic acids is 1. The summed E-state index contributed by atoms with van der Waals surface area (Å²) >= 11 is 0. The third-order valence-corrected chi connectivity index (χ3v) is 4.65. The Morgan fingerprint density at radius 3 is 2.45 bits per heavy atom. The van der Waals surface area contributed by atoms with Gasteiger partial charge in [-0.25, -0.2) is 4.79 Å². The van der Waals surface area contributed by atoms with Crippen molar-refractivity contribution in [3.8, 4) is 5.69 Å². The van der Waals surface area contributed by atoms with E-state index in [1.165, 1.54) is 5.56 Å². The number of benzene rings is 2. The number of hydrogen-bond acceptors (Lipinski definition) is 1. The molecule has 2 aromatic carbocycles. The van der Waals surface area contributed by atoms with E-state index in [1.54, 1.807) is 18.2 Å². The smallest absolute Gasteiger partial charge is 0.335 e. The van der Waals surface area contributed by atoms with Crippen molar-refractivity contribution in [1.29, 1.82) is 0 Å². The molecule has 0 unspecified atom stereocenters. The summed E-state index contributed by atoms with van der Waals surface area (Å²) in [5.41, 5.74) is 4.59. The molecule has 0 amide bonds. The third kappa shape index (κ3) is 5.45. The number of nitrogens with zero attached hydrogens (tertiary/aromatic N) is 1. The van der Waals surface area contributed by atoms with E-state index >= 15 is 0 Å². The second-order valence-electron chi connectivity index (χ2n) is 6.70. The van der Waals surface area contributed by atoms with Crippen molar-refractivity contribution in [2.45, 2.75) is 19.8 Å². The minimum atomic E-state index is -0.920. The van der Waals surface area contributed by atoms with Crippen LogP contribution >= 0.6 is 0 Å². The molecular weight excluding hydrogens is 358 g/mol. The van der Waals surface area contributed by atoms with Crippen LogP contribution in [-0.4, -0.2) is 15.6 Å². The molecule has 0 aliphatic heterocycles. The number of aromatic nitrogens is 1. The Hall–Kier alpha value is -3.59. The van der Waals surface area contributed by atoms with Gasteiger partial charge in [-0.3, -0.25) is 0 Å². The first-order chi connectivity index (χ1) is 14.2. The lowest BCUT2D eigenvalue weighted by molar-refractivity contribution is 0.0697. The van der Waals surface area contributed by atoms with Crippen molar-refractivity contribution >= 4 is 12.0 Å². The first-order valence-electron chi connectivity index (χ1n) is 9.73. The van der Waals surface area contributed by atoms with E-state index in [0.29, 0.717) is 0 Å². The van der Waals surface area contributed by atoms with Gasteiger partial charge in [-0.15, -0.1) is 0 Å². The fourth-order valence-electron chi connectivity index (χ4n) is 3.23. The van der Waals surface area contributed by atoms with E-state index in [1.807, 2.05) is 55.5 Å². The van der Waals surface area contributed by atoms with Crippen molar-refractivity contribution in [1.82, 2.24) is 4.57 Å². The topological polar surface area (TPSA) is 42.2 Å². The van der Waals surface area contributed by atoms with Crippen molar-refractivity contribution in [3.05, 3.63) is 120 Å². The molecule has 146 valence electrons. The van der Waals surface area contributed by atoms with Crippen molar-refractivity contribution < 1.29 is 9.90 Å². The SMILES string of the molecule is C\C=C/C=C\C=C\c1ccc(CCc2ccccc2)n1-c1cccc(C(=O)O)c1. The highest BCUT2D eigenvalue weighted by atomic mass is 16.4. The molecule has 0 fully saturated rings. The second kappa shape index (κ2) is 10.1. The van der Waals surface area contributed by atoms with Crippen LogP contribution < -0.4 is 0 Å². The predicted octanol–water partition coefficient (Wildman–Crippen LogP) is 6.11. The largest absolute Gasteiger partial charge is 0.478 e. The first-order valence-corrected chi connectivity index (χ1v) is 9.73. The fourth-order valence-corrected chi connectivity index (χ4v) is 3.23. The van der Waals surface area contributed by atoms with Gasteiger partial charge in [0.25, 0.3) is 0 Å². The summed E-state index contributed by atoms with van der Waals surface area (Å²) in [5.74, 6) is -0.920. The zero-order valence-electron chi connectivity index (χ0n) is 16.5. The van der Waals surface area contributed by atoms with Gasteiger partial charge in [0.2, 0.25) is 0 Å². The normalized spacial score (nSPS) is 11.8. The summed E-state index contributed by atoms with van der Waals surface area (Å²) in [7, 11) is 0. The molecule has 0 aliphatic carbocycles. The summed E-state index contributed by atoms with van der Waals surface area (Å²) in [6.07, 6.45) is 13.7. The lowest BCUT2D eigenvalue weighted by atomic mass is 10.1. The molecule has 0 aliphatic rings. The second-order valence-corrected chi connectivity index (χ2v) is 6.70. The molecule has 29 heavy (non-hydrogen) atoms. The minimum absolute atomic E-state index is 0.285. The number of carboxylic acid groups (broad SMARTS) is 1. The maximum absolute atomic E-state index is 11.4. The van der Waals surface area contributed by atoms with E-state index < -0.39 is 5.97 Å². The van der Waals surface area contributed by atoms with Crippen LogP contribution in [0, 0.1) is 0 Å².